The molecule has 1 heterocycles. The smallest absolute Gasteiger partial charge is 0.337 e. The largest absolute Gasteiger partial charge is 0.493 e. The molecule has 1 aliphatic heterocycles. The van der Waals surface area contributed by atoms with Crippen LogP contribution in [0.4, 0.5) is 0 Å². The number of dihydropyridines is 1. The first-order valence-electron chi connectivity index (χ1n) is 11.4. The van der Waals surface area contributed by atoms with Crippen molar-refractivity contribution in [1.82, 2.24) is 5.32 Å². The van der Waals surface area contributed by atoms with Gasteiger partial charge in [-0.05, 0) is 39.2 Å². The zero-order chi connectivity index (χ0) is 26.0. The Morgan fingerprint density at radius 2 is 1.69 bits per heavy atom. The fourth-order valence-electron chi connectivity index (χ4n) is 4.89. The maximum atomic E-state index is 13.9. The summed E-state index contributed by atoms with van der Waals surface area (Å²) in [4.78, 5) is 39.8. The topological polar surface area (TPSA) is 109 Å². The Morgan fingerprint density at radius 1 is 1.03 bits per heavy atom. The van der Waals surface area contributed by atoms with Crippen molar-refractivity contribution in [2.75, 3.05) is 28.4 Å². The van der Waals surface area contributed by atoms with Gasteiger partial charge in [-0.3, -0.25) is 9.59 Å². The molecular weight excluding hydrogens is 454 g/mol. The molecule has 9 nitrogen and oxygen atoms in total. The lowest BCUT2D eigenvalue weighted by Gasteiger charge is -2.38. The van der Waals surface area contributed by atoms with Gasteiger partial charge in [-0.1, -0.05) is 13.0 Å². The molecule has 1 N–H and O–H groups in total. The number of ether oxygens (including phenoxy) is 5. The highest BCUT2D eigenvalue weighted by atomic mass is 16.5. The molecule has 35 heavy (non-hydrogen) atoms. The number of benzene rings is 1. The Labute approximate surface area is 205 Å². The summed E-state index contributed by atoms with van der Waals surface area (Å²) < 4.78 is 27.2. The average Bonchev–Trinajstić information content (AvgIpc) is 2.81. The van der Waals surface area contributed by atoms with Crippen molar-refractivity contribution in [3.63, 3.8) is 0 Å². The number of nitrogens with one attached hydrogen (secondary N) is 1. The van der Waals surface area contributed by atoms with Crippen molar-refractivity contribution >= 4 is 17.7 Å². The standard InChI is InChI=1S/C26H33NO8/c1-12(2)35-26(30)19-14(4)27-16-11-13(3)18(25(29)34-8)22(28)21(16)20(19)15-9-10-17(31-5)24(33-7)23(15)32-6/h9-10,12-13,18,20,27H,11H2,1-8H3/t13-,18-,20-/m0/s1. The second-order valence-electron chi connectivity index (χ2n) is 8.91. The van der Waals surface area contributed by atoms with Crippen LogP contribution >= 0.6 is 0 Å². The van der Waals surface area contributed by atoms with Crippen LogP contribution in [0.1, 0.15) is 45.6 Å². The number of esters is 2. The fraction of sp³-hybridized carbons (Fsp3) is 0.500. The number of carbonyl (C=O) groups is 3. The molecule has 3 rings (SSSR count). The predicted molar refractivity (Wildman–Crippen MR) is 127 cm³/mol. The Kier molecular flexibility index (Phi) is 7.77. The second kappa shape index (κ2) is 10.4. The summed E-state index contributed by atoms with van der Waals surface area (Å²) in [5.41, 5.74) is 2.30. The van der Waals surface area contributed by atoms with E-state index >= 15 is 0 Å². The molecule has 3 atom stereocenters. The molecule has 190 valence electrons. The van der Waals surface area contributed by atoms with Crippen LogP contribution in [0.3, 0.4) is 0 Å². The minimum absolute atomic E-state index is 0.259. The van der Waals surface area contributed by atoms with E-state index in [1.807, 2.05) is 6.92 Å². The van der Waals surface area contributed by atoms with Crippen molar-refractivity contribution in [2.24, 2.45) is 11.8 Å². The molecular formula is C26H33NO8. The van der Waals surface area contributed by atoms with Gasteiger partial charge in [0.2, 0.25) is 5.75 Å². The number of hydrogen-bond acceptors (Lipinski definition) is 9. The van der Waals surface area contributed by atoms with Crippen molar-refractivity contribution in [1.29, 1.82) is 0 Å². The zero-order valence-electron chi connectivity index (χ0n) is 21.4. The molecule has 0 fully saturated rings. The van der Waals surface area contributed by atoms with E-state index in [4.69, 9.17) is 23.7 Å². The number of Topliss-reactive ketones (excluding diaryl/α,β-unsaturated/α-hetero) is 1. The molecule has 1 aromatic carbocycles. The van der Waals surface area contributed by atoms with Gasteiger partial charge in [-0.25, -0.2) is 4.79 Å². The van der Waals surface area contributed by atoms with Crippen LogP contribution in [0.25, 0.3) is 0 Å². The molecule has 0 aromatic heterocycles. The maximum Gasteiger partial charge on any atom is 0.337 e. The van der Waals surface area contributed by atoms with Crippen LogP contribution in [-0.4, -0.2) is 52.3 Å². The molecule has 0 radical (unpaired) electrons. The molecule has 0 spiro atoms. The van der Waals surface area contributed by atoms with E-state index < -0.39 is 29.6 Å². The highest BCUT2D eigenvalue weighted by Crippen LogP contribution is 2.51. The Bertz CT molecular complexity index is 1100. The van der Waals surface area contributed by atoms with Gasteiger partial charge < -0.3 is 29.0 Å². The lowest BCUT2D eigenvalue weighted by molar-refractivity contribution is -0.151. The van der Waals surface area contributed by atoms with Crippen molar-refractivity contribution in [3.8, 4) is 17.2 Å². The van der Waals surface area contributed by atoms with E-state index in [0.717, 1.165) is 0 Å². The quantitative estimate of drug-likeness (QED) is 0.458. The van der Waals surface area contributed by atoms with E-state index in [-0.39, 0.29) is 17.6 Å². The molecule has 1 aliphatic carbocycles. The van der Waals surface area contributed by atoms with Crippen molar-refractivity contribution < 1.29 is 38.1 Å². The molecule has 0 unspecified atom stereocenters. The maximum absolute atomic E-state index is 13.9. The van der Waals surface area contributed by atoms with Gasteiger partial charge in [0.05, 0.1) is 46.0 Å². The number of ketones is 1. The minimum Gasteiger partial charge on any atom is -0.493 e. The van der Waals surface area contributed by atoms with Crippen LogP contribution in [0.5, 0.6) is 17.2 Å². The number of rotatable bonds is 7. The summed E-state index contributed by atoms with van der Waals surface area (Å²) in [5.74, 6) is -2.65. The van der Waals surface area contributed by atoms with Crippen molar-refractivity contribution in [3.05, 3.63) is 40.2 Å². The first kappa shape index (κ1) is 26.1. The molecule has 0 amide bonds. The first-order chi connectivity index (χ1) is 16.6. The van der Waals surface area contributed by atoms with Gasteiger partial charge in [0.15, 0.2) is 17.3 Å². The Morgan fingerprint density at radius 3 is 2.23 bits per heavy atom. The zero-order valence-corrected chi connectivity index (χ0v) is 21.4. The van der Waals surface area contributed by atoms with E-state index in [1.54, 1.807) is 32.9 Å². The monoisotopic (exact) mass is 487 g/mol. The molecule has 2 aliphatic rings. The third kappa shape index (κ3) is 4.59. The van der Waals surface area contributed by atoms with Gasteiger partial charge in [-0.2, -0.15) is 0 Å². The van der Waals surface area contributed by atoms with Crippen LogP contribution in [0, 0.1) is 11.8 Å². The molecule has 0 saturated heterocycles. The van der Waals surface area contributed by atoms with E-state index in [2.05, 4.69) is 5.32 Å². The number of allylic oxidation sites excluding steroid dienone is 3. The fourth-order valence-corrected chi connectivity index (χ4v) is 4.89. The number of methoxy groups -OCH3 is 4. The third-order valence-electron chi connectivity index (χ3n) is 6.35. The summed E-state index contributed by atoms with van der Waals surface area (Å²) in [6.07, 6.45) is 0.0487. The minimum atomic E-state index is -0.991. The van der Waals surface area contributed by atoms with Gasteiger partial charge in [0.1, 0.15) is 5.92 Å². The van der Waals surface area contributed by atoms with Gasteiger partial charge in [-0.15, -0.1) is 0 Å². The predicted octanol–water partition coefficient (Wildman–Crippen LogP) is 3.28. The lowest BCUT2D eigenvalue weighted by Crippen LogP contribution is -2.43. The van der Waals surface area contributed by atoms with Crippen molar-refractivity contribution in [2.45, 2.75) is 46.1 Å². The van der Waals surface area contributed by atoms with E-state index in [9.17, 15) is 14.4 Å². The van der Waals surface area contributed by atoms with Crippen LogP contribution in [-0.2, 0) is 23.9 Å². The van der Waals surface area contributed by atoms with Crippen LogP contribution in [0.15, 0.2) is 34.7 Å². The molecule has 0 saturated carbocycles. The van der Waals surface area contributed by atoms with Gasteiger partial charge >= 0.3 is 11.9 Å². The molecule has 9 heteroatoms. The highest BCUT2D eigenvalue weighted by Gasteiger charge is 2.48. The third-order valence-corrected chi connectivity index (χ3v) is 6.35. The SMILES string of the molecule is COC(=O)[C@@H]1C(=O)C2=C(C[C@@H]1C)NC(C)=C(C(=O)OC(C)C)[C@@H]2c1ccc(OC)c(OC)c1OC. The Balaban J connectivity index is 2.32. The van der Waals surface area contributed by atoms with Crippen LogP contribution < -0.4 is 19.5 Å². The second-order valence-corrected chi connectivity index (χ2v) is 8.91. The summed E-state index contributed by atoms with van der Waals surface area (Å²) >= 11 is 0. The number of carbonyl (C=O) groups excluding carboxylic acids is 3. The summed E-state index contributed by atoms with van der Waals surface area (Å²) in [5, 5.41) is 3.24. The summed E-state index contributed by atoms with van der Waals surface area (Å²) in [7, 11) is 5.72. The van der Waals surface area contributed by atoms with Gasteiger partial charge in [0, 0.05) is 22.5 Å². The first-order valence-corrected chi connectivity index (χ1v) is 11.4. The van der Waals surface area contributed by atoms with Crippen LogP contribution in [0.2, 0.25) is 0 Å². The van der Waals surface area contributed by atoms with Gasteiger partial charge in [0.25, 0.3) is 0 Å². The molecule has 0 bridgehead atoms. The highest BCUT2D eigenvalue weighted by molar-refractivity contribution is 6.12. The summed E-state index contributed by atoms with van der Waals surface area (Å²) in [6.45, 7) is 7.10. The lowest BCUT2D eigenvalue weighted by atomic mass is 9.69. The average molecular weight is 488 g/mol. The van der Waals surface area contributed by atoms with E-state index in [1.165, 1.54) is 28.4 Å². The molecule has 1 aromatic rings. The number of hydrogen-bond donors (Lipinski definition) is 1. The normalized spacial score (nSPS) is 21.9. The van der Waals surface area contributed by atoms with E-state index in [0.29, 0.717) is 46.2 Å². The Hall–Kier alpha value is -3.49. The summed E-state index contributed by atoms with van der Waals surface area (Å²) in [6, 6.07) is 3.42.